The van der Waals surface area contributed by atoms with Crippen LogP contribution < -0.4 is 10.1 Å². The van der Waals surface area contributed by atoms with E-state index in [2.05, 4.69) is 16.4 Å². The molecule has 0 aliphatic heterocycles. The first kappa shape index (κ1) is 17.8. The summed E-state index contributed by atoms with van der Waals surface area (Å²) in [5, 5.41) is 2.88. The van der Waals surface area contributed by atoms with Crippen LogP contribution in [0.5, 0.6) is 5.75 Å². The van der Waals surface area contributed by atoms with E-state index >= 15 is 0 Å². The Morgan fingerprint density at radius 3 is 2.68 bits per heavy atom. The molecule has 3 rings (SSSR count). The number of aromatic nitrogens is 1. The maximum absolute atomic E-state index is 12.5. The molecule has 0 fully saturated rings. The van der Waals surface area contributed by atoms with Crippen LogP contribution in [0.3, 0.4) is 0 Å². The van der Waals surface area contributed by atoms with Crippen molar-refractivity contribution in [3.05, 3.63) is 54.1 Å². The number of carbonyl (C=O) groups excluding carboxylic acids is 1. The largest absolute Gasteiger partial charge is 0.497 e. The number of hydrogen-bond donors (Lipinski definition) is 1. The average molecular weight is 373 g/mol. The van der Waals surface area contributed by atoms with E-state index in [1.807, 2.05) is 49.4 Å². The van der Waals surface area contributed by atoms with Crippen LogP contribution in [0.4, 0.5) is 0 Å². The summed E-state index contributed by atoms with van der Waals surface area (Å²) in [6.07, 6.45) is 0.759. The minimum Gasteiger partial charge on any atom is -0.497 e. The van der Waals surface area contributed by atoms with E-state index in [0.717, 1.165) is 32.3 Å². The van der Waals surface area contributed by atoms with Gasteiger partial charge in [-0.1, -0.05) is 43.0 Å². The fraction of sp³-hybridized carbons (Fsp3) is 0.263. The number of amides is 1. The highest BCUT2D eigenvalue weighted by Gasteiger charge is 2.19. The van der Waals surface area contributed by atoms with Gasteiger partial charge in [-0.15, -0.1) is 11.3 Å². The van der Waals surface area contributed by atoms with Crippen molar-refractivity contribution < 1.29 is 9.53 Å². The molecule has 2 aromatic carbocycles. The van der Waals surface area contributed by atoms with Gasteiger partial charge < -0.3 is 10.1 Å². The van der Waals surface area contributed by atoms with Gasteiger partial charge in [-0.25, -0.2) is 4.98 Å². The maximum atomic E-state index is 12.5. The van der Waals surface area contributed by atoms with E-state index in [4.69, 9.17) is 4.74 Å². The molecule has 0 aliphatic carbocycles. The van der Waals surface area contributed by atoms with Crippen LogP contribution in [0, 0.1) is 0 Å². The van der Waals surface area contributed by atoms with Crippen LogP contribution in [0.2, 0.25) is 0 Å². The number of thioether (sulfide) groups is 1. The molecule has 0 spiro atoms. The number of nitrogens with one attached hydrogen (secondary N) is 1. The lowest BCUT2D eigenvalue weighted by Gasteiger charge is -2.13. The first-order valence-electron chi connectivity index (χ1n) is 8.12. The molecule has 1 amide bonds. The standard InChI is InChI=1S/C19H20N2O2S2/c1-3-16(24-19-21-15-6-4-5-7-17(15)25-19)18(22)20-12-13-8-10-14(23-2)11-9-13/h4-11,16H,3,12H2,1-2H3,(H,20,22). The molecule has 3 aromatic rings. The zero-order valence-corrected chi connectivity index (χ0v) is 15.8. The van der Waals surface area contributed by atoms with Gasteiger partial charge in [-0.3, -0.25) is 4.79 Å². The lowest BCUT2D eigenvalue weighted by atomic mass is 10.2. The van der Waals surface area contributed by atoms with Crippen molar-refractivity contribution >= 4 is 39.2 Å². The monoisotopic (exact) mass is 372 g/mol. The molecule has 1 atom stereocenters. The fourth-order valence-electron chi connectivity index (χ4n) is 2.39. The summed E-state index contributed by atoms with van der Waals surface area (Å²) in [6, 6.07) is 15.8. The lowest BCUT2D eigenvalue weighted by Crippen LogP contribution is -2.31. The van der Waals surface area contributed by atoms with Crippen molar-refractivity contribution in [2.45, 2.75) is 29.5 Å². The number of carbonyl (C=O) groups is 1. The van der Waals surface area contributed by atoms with Gasteiger partial charge in [0.25, 0.3) is 0 Å². The van der Waals surface area contributed by atoms with Crippen molar-refractivity contribution in [1.82, 2.24) is 10.3 Å². The first-order chi connectivity index (χ1) is 12.2. The predicted octanol–water partition coefficient (Wildman–Crippen LogP) is 4.49. The number of nitrogens with zero attached hydrogens (tertiary/aromatic N) is 1. The van der Waals surface area contributed by atoms with Crippen LogP contribution >= 0.6 is 23.1 Å². The highest BCUT2D eigenvalue weighted by molar-refractivity contribution is 8.02. The Hall–Kier alpha value is -2.05. The van der Waals surface area contributed by atoms with E-state index in [1.54, 1.807) is 18.4 Å². The Kier molecular flexibility index (Phi) is 5.94. The van der Waals surface area contributed by atoms with Gasteiger partial charge in [-0.2, -0.15) is 0 Å². The summed E-state index contributed by atoms with van der Waals surface area (Å²) in [5.74, 6) is 0.857. The topological polar surface area (TPSA) is 51.2 Å². The highest BCUT2D eigenvalue weighted by atomic mass is 32.2. The van der Waals surface area contributed by atoms with Crippen molar-refractivity contribution in [3.63, 3.8) is 0 Å². The van der Waals surface area contributed by atoms with Gasteiger partial charge in [0.1, 0.15) is 5.75 Å². The second-order valence-corrected chi connectivity index (χ2v) is 8.01. The normalized spacial score (nSPS) is 12.1. The summed E-state index contributed by atoms with van der Waals surface area (Å²) >= 11 is 3.17. The van der Waals surface area contributed by atoms with E-state index in [9.17, 15) is 4.79 Å². The van der Waals surface area contributed by atoms with Gasteiger partial charge in [0.05, 0.1) is 22.6 Å². The third-order valence-corrected chi connectivity index (χ3v) is 6.30. The number of para-hydroxylation sites is 1. The fourth-order valence-corrected chi connectivity index (χ4v) is 4.65. The highest BCUT2D eigenvalue weighted by Crippen LogP contribution is 2.33. The van der Waals surface area contributed by atoms with Crippen molar-refractivity contribution in [2.75, 3.05) is 7.11 Å². The Morgan fingerprint density at radius 2 is 2.00 bits per heavy atom. The molecule has 130 valence electrons. The Labute approximate surface area is 155 Å². The molecule has 0 saturated heterocycles. The van der Waals surface area contributed by atoms with Crippen LogP contribution in [0.25, 0.3) is 10.2 Å². The van der Waals surface area contributed by atoms with Crippen LogP contribution in [0.1, 0.15) is 18.9 Å². The number of methoxy groups -OCH3 is 1. The van der Waals surface area contributed by atoms with Crippen LogP contribution in [0.15, 0.2) is 52.9 Å². The number of rotatable bonds is 7. The molecule has 0 radical (unpaired) electrons. The summed E-state index contributed by atoms with van der Waals surface area (Å²) in [6.45, 7) is 2.54. The van der Waals surface area contributed by atoms with Crippen molar-refractivity contribution in [3.8, 4) is 5.75 Å². The average Bonchev–Trinajstić information content (AvgIpc) is 3.07. The first-order valence-corrected chi connectivity index (χ1v) is 9.82. The van der Waals surface area contributed by atoms with E-state index in [1.165, 1.54) is 11.8 Å². The maximum Gasteiger partial charge on any atom is 0.233 e. The van der Waals surface area contributed by atoms with Gasteiger partial charge in [0.15, 0.2) is 4.34 Å². The molecule has 1 heterocycles. The quantitative estimate of drug-likeness (QED) is 0.621. The zero-order valence-electron chi connectivity index (χ0n) is 14.2. The van der Waals surface area contributed by atoms with E-state index in [0.29, 0.717) is 6.54 Å². The molecule has 0 bridgehead atoms. The summed E-state index contributed by atoms with van der Waals surface area (Å²) in [5.41, 5.74) is 2.04. The molecular weight excluding hydrogens is 352 g/mol. The Bertz CT molecular complexity index is 813. The second-order valence-electron chi connectivity index (χ2n) is 5.53. The Balaban J connectivity index is 1.60. The van der Waals surface area contributed by atoms with Crippen molar-refractivity contribution in [2.24, 2.45) is 0 Å². The molecule has 1 aromatic heterocycles. The number of fused-ring (bicyclic) bond motifs is 1. The van der Waals surface area contributed by atoms with E-state index < -0.39 is 0 Å². The molecule has 6 heteroatoms. The minimum atomic E-state index is -0.140. The van der Waals surface area contributed by atoms with Crippen molar-refractivity contribution in [1.29, 1.82) is 0 Å². The third-order valence-electron chi connectivity index (χ3n) is 3.81. The van der Waals surface area contributed by atoms with Crippen LogP contribution in [-0.4, -0.2) is 23.3 Å². The molecule has 1 unspecified atom stereocenters. The minimum absolute atomic E-state index is 0.0441. The van der Waals surface area contributed by atoms with E-state index in [-0.39, 0.29) is 11.2 Å². The molecule has 0 saturated carbocycles. The second kappa shape index (κ2) is 8.36. The molecule has 1 N–H and O–H groups in total. The number of ether oxygens (including phenoxy) is 1. The predicted molar refractivity (Wildman–Crippen MR) is 104 cm³/mol. The molecule has 0 aliphatic rings. The lowest BCUT2D eigenvalue weighted by molar-refractivity contribution is -0.120. The zero-order chi connectivity index (χ0) is 17.6. The molecule has 25 heavy (non-hydrogen) atoms. The van der Waals surface area contributed by atoms with Gasteiger partial charge in [-0.05, 0) is 36.2 Å². The SMILES string of the molecule is CCC(Sc1nc2ccccc2s1)C(=O)NCc1ccc(OC)cc1. The third kappa shape index (κ3) is 4.52. The Morgan fingerprint density at radius 1 is 1.24 bits per heavy atom. The summed E-state index contributed by atoms with van der Waals surface area (Å²) in [4.78, 5) is 17.1. The smallest absolute Gasteiger partial charge is 0.233 e. The van der Waals surface area contributed by atoms with Gasteiger partial charge >= 0.3 is 0 Å². The summed E-state index contributed by atoms with van der Waals surface area (Å²) < 4.78 is 7.23. The van der Waals surface area contributed by atoms with Crippen LogP contribution in [-0.2, 0) is 11.3 Å². The molecule has 4 nitrogen and oxygen atoms in total. The number of benzene rings is 2. The summed E-state index contributed by atoms with van der Waals surface area (Å²) in [7, 11) is 1.64. The number of hydrogen-bond acceptors (Lipinski definition) is 5. The number of thiazole rings is 1. The van der Waals surface area contributed by atoms with Gasteiger partial charge in [0.2, 0.25) is 5.91 Å². The van der Waals surface area contributed by atoms with Gasteiger partial charge in [0, 0.05) is 6.54 Å². The molecular formula is C19H20N2O2S2.